The third-order valence-electron chi connectivity index (χ3n) is 3.39. The van der Waals surface area contributed by atoms with E-state index in [2.05, 4.69) is 4.99 Å². The number of aryl methyl sites for hydroxylation is 1. The smallest absolute Gasteiger partial charge is 0.344 e. The van der Waals surface area contributed by atoms with Gasteiger partial charge in [0.25, 0.3) is 0 Å². The molecule has 0 radical (unpaired) electrons. The highest BCUT2D eigenvalue weighted by Crippen LogP contribution is 2.40. The molecule has 0 unspecified atom stereocenters. The number of esters is 1. The van der Waals surface area contributed by atoms with E-state index in [-0.39, 0.29) is 17.9 Å². The highest BCUT2D eigenvalue weighted by molar-refractivity contribution is 8.18. The first kappa shape index (κ1) is 17.1. The van der Waals surface area contributed by atoms with Crippen molar-refractivity contribution in [1.82, 2.24) is 0 Å². The normalized spacial score (nSPS) is 17.5. The molecule has 1 N–H and O–H groups in total. The van der Waals surface area contributed by atoms with Crippen molar-refractivity contribution in [2.24, 2.45) is 4.99 Å². The van der Waals surface area contributed by atoms with Crippen LogP contribution < -0.4 is 0 Å². The Morgan fingerprint density at radius 2 is 2.04 bits per heavy atom. The molecule has 0 bridgehead atoms. The number of furan rings is 1. The maximum Gasteiger partial charge on any atom is 0.344 e. The van der Waals surface area contributed by atoms with Crippen LogP contribution in [0.5, 0.6) is 0 Å². The minimum atomic E-state index is -0.596. The Labute approximate surface area is 149 Å². The number of hydrogen-bond acceptors (Lipinski definition) is 6. The van der Waals surface area contributed by atoms with Gasteiger partial charge in [-0.05, 0) is 44.2 Å². The van der Waals surface area contributed by atoms with Crippen molar-refractivity contribution in [3.63, 3.8) is 0 Å². The monoisotopic (exact) mass is 355 g/mol. The number of carbonyl (C=O) groups excluding carboxylic acids is 1. The first-order valence-corrected chi connectivity index (χ1v) is 8.61. The van der Waals surface area contributed by atoms with Crippen LogP contribution in [0.1, 0.15) is 18.4 Å². The lowest BCUT2D eigenvalue weighted by atomic mass is 10.2. The minimum absolute atomic E-state index is 0.0743. The summed E-state index contributed by atoms with van der Waals surface area (Å²) in [5.74, 6) is 0.617. The molecular weight excluding hydrogens is 338 g/mol. The van der Waals surface area contributed by atoms with Crippen molar-refractivity contribution in [2.45, 2.75) is 13.8 Å². The third kappa shape index (κ3) is 3.85. The van der Waals surface area contributed by atoms with E-state index in [9.17, 15) is 9.90 Å². The van der Waals surface area contributed by atoms with Gasteiger partial charge in [0.05, 0.1) is 17.2 Å². The Bertz CT molecular complexity index is 878. The number of hydrogen-bond donors (Lipinski definition) is 1. The van der Waals surface area contributed by atoms with Crippen LogP contribution in [-0.2, 0) is 9.53 Å². The van der Waals surface area contributed by atoms with Gasteiger partial charge in [0.15, 0.2) is 0 Å². The van der Waals surface area contributed by atoms with Crippen molar-refractivity contribution in [3.05, 3.63) is 70.2 Å². The van der Waals surface area contributed by atoms with Gasteiger partial charge in [0.1, 0.15) is 27.9 Å². The number of para-hydroxylation sites is 1. The summed E-state index contributed by atoms with van der Waals surface area (Å²) in [6, 6.07) is 12.9. The molecule has 1 aromatic heterocycles. The van der Waals surface area contributed by atoms with E-state index in [0.717, 1.165) is 5.76 Å². The van der Waals surface area contributed by atoms with Gasteiger partial charge in [0, 0.05) is 0 Å². The highest BCUT2D eigenvalue weighted by atomic mass is 32.2. The minimum Gasteiger partial charge on any atom is -0.506 e. The number of aliphatic imine (C=N–C) groups is 1. The summed E-state index contributed by atoms with van der Waals surface area (Å²) >= 11 is 1.21. The average Bonchev–Trinajstić information content (AvgIpc) is 3.13. The van der Waals surface area contributed by atoms with Crippen LogP contribution in [0.15, 0.2) is 68.1 Å². The first-order chi connectivity index (χ1) is 12.1. The molecule has 0 spiro atoms. The second-order valence-electron chi connectivity index (χ2n) is 5.26. The number of aliphatic hydroxyl groups excluding tert-OH is 1. The van der Waals surface area contributed by atoms with Gasteiger partial charge in [-0.25, -0.2) is 9.79 Å². The zero-order chi connectivity index (χ0) is 17.8. The van der Waals surface area contributed by atoms with Crippen LogP contribution in [0.4, 0.5) is 5.69 Å². The van der Waals surface area contributed by atoms with Crippen LogP contribution in [0, 0.1) is 6.92 Å². The number of thioether (sulfide) groups is 1. The second-order valence-corrected chi connectivity index (χ2v) is 6.29. The van der Waals surface area contributed by atoms with E-state index in [0.29, 0.717) is 21.4 Å². The summed E-state index contributed by atoms with van der Waals surface area (Å²) in [5.41, 5.74) is 0.764. The zero-order valence-electron chi connectivity index (χ0n) is 13.9. The fourth-order valence-corrected chi connectivity index (χ4v) is 3.29. The van der Waals surface area contributed by atoms with E-state index in [1.54, 1.807) is 19.1 Å². The van der Waals surface area contributed by atoms with E-state index in [4.69, 9.17) is 9.15 Å². The number of ether oxygens (including phenoxy) is 1. The molecule has 2 heterocycles. The molecule has 0 atom stereocenters. The molecule has 128 valence electrons. The molecule has 0 fully saturated rings. The van der Waals surface area contributed by atoms with E-state index in [1.807, 2.05) is 43.3 Å². The molecule has 25 heavy (non-hydrogen) atoms. The van der Waals surface area contributed by atoms with Gasteiger partial charge >= 0.3 is 5.97 Å². The molecule has 5 nitrogen and oxygen atoms in total. The lowest BCUT2D eigenvalue weighted by Crippen LogP contribution is -2.12. The molecule has 2 aromatic rings. The summed E-state index contributed by atoms with van der Waals surface area (Å²) in [5, 5.41) is 10.9. The molecule has 1 aliphatic heterocycles. The summed E-state index contributed by atoms with van der Waals surface area (Å²) in [7, 11) is 0. The number of carbonyl (C=O) groups is 1. The lowest BCUT2D eigenvalue weighted by molar-refractivity contribution is -0.138. The Balaban J connectivity index is 2.02. The molecule has 1 aromatic carbocycles. The van der Waals surface area contributed by atoms with Gasteiger partial charge in [0.2, 0.25) is 0 Å². The van der Waals surface area contributed by atoms with Gasteiger partial charge in [-0.3, -0.25) is 0 Å². The molecule has 0 amide bonds. The standard InChI is InChI=1S/C19H17NO4S/c1-3-23-19(22)16-17(21)15(11-14-10-9-12(2)24-14)25-18(16)20-13-7-5-4-6-8-13/h4-11,21H,3H2,1-2H3/b15-11-,20-18?. The first-order valence-electron chi connectivity index (χ1n) is 7.79. The number of benzene rings is 1. The van der Waals surface area contributed by atoms with Gasteiger partial charge in [-0.15, -0.1) is 0 Å². The van der Waals surface area contributed by atoms with Crippen molar-refractivity contribution >= 4 is 34.5 Å². The van der Waals surface area contributed by atoms with Gasteiger partial charge in [-0.1, -0.05) is 30.0 Å². The van der Waals surface area contributed by atoms with Crippen molar-refractivity contribution < 1.29 is 19.1 Å². The summed E-state index contributed by atoms with van der Waals surface area (Å²) in [4.78, 5) is 17.2. The predicted octanol–water partition coefficient (Wildman–Crippen LogP) is 4.78. The SMILES string of the molecule is CCOC(=O)C1=C(O)/C(=C/c2ccc(C)o2)SC1=Nc1ccccc1. The van der Waals surface area contributed by atoms with Crippen molar-refractivity contribution in [1.29, 1.82) is 0 Å². The Hall–Kier alpha value is -2.73. The summed E-state index contributed by atoms with van der Waals surface area (Å²) < 4.78 is 10.6. The molecule has 1 aliphatic rings. The van der Waals surface area contributed by atoms with Crippen LogP contribution in [-0.4, -0.2) is 22.7 Å². The zero-order valence-corrected chi connectivity index (χ0v) is 14.7. The van der Waals surface area contributed by atoms with Crippen molar-refractivity contribution in [3.8, 4) is 0 Å². The number of aliphatic hydroxyl groups is 1. The van der Waals surface area contributed by atoms with E-state index >= 15 is 0 Å². The summed E-state index contributed by atoms with van der Waals surface area (Å²) in [6.45, 7) is 3.77. The van der Waals surface area contributed by atoms with E-state index in [1.165, 1.54) is 11.8 Å². The quantitative estimate of drug-likeness (QED) is 0.799. The lowest BCUT2D eigenvalue weighted by Gasteiger charge is -2.03. The van der Waals surface area contributed by atoms with Gasteiger partial charge < -0.3 is 14.3 Å². The van der Waals surface area contributed by atoms with E-state index < -0.39 is 5.97 Å². The van der Waals surface area contributed by atoms with Crippen LogP contribution in [0.25, 0.3) is 6.08 Å². The molecule has 6 heteroatoms. The topological polar surface area (TPSA) is 72.0 Å². The Morgan fingerprint density at radius 3 is 2.68 bits per heavy atom. The second kappa shape index (κ2) is 7.44. The highest BCUT2D eigenvalue weighted by Gasteiger charge is 2.33. The average molecular weight is 355 g/mol. The Kier molecular flexibility index (Phi) is 5.09. The third-order valence-corrected chi connectivity index (χ3v) is 4.41. The number of nitrogens with zero attached hydrogens (tertiary/aromatic N) is 1. The molecule has 0 saturated carbocycles. The molecular formula is C19H17NO4S. The molecule has 0 aliphatic carbocycles. The van der Waals surface area contributed by atoms with Crippen LogP contribution in [0.3, 0.4) is 0 Å². The summed E-state index contributed by atoms with van der Waals surface area (Å²) in [6.07, 6.45) is 1.68. The molecule has 0 saturated heterocycles. The van der Waals surface area contributed by atoms with Gasteiger partial charge in [-0.2, -0.15) is 0 Å². The number of rotatable bonds is 4. The molecule has 3 rings (SSSR count). The maximum atomic E-state index is 12.3. The largest absolute Gasteiger partial charge is 0.506 e. The predicted molar refractivity (Wildman–Crippen MR) is 98.8 cm³/mol. The fourth-order valence-electron chi connectivity index (χ4n) is 2.27. The Morgan fingerprint density at radius 1 is 1.28 bits per heavy atom. The maximum absolute atomic E-state index is 12.3. The van der Waals surface area contributed by atoms with Crippen LogP contribution in [0.2, 0.25) is 0 Å². The van der Waals surface area contributed by atoms with Crippen molar-refractivity contribution in [2.75, 3.05) is 6.61 Å². The van der Waals surface area contributed by atoms with Crippen LogP contribution >= 0.6 is 11.8 Å². The fraction of sp³-hybridized carbons (Fsp3) is 0.158.